The standard InChI is InChI=1S/BH3.Ba.Li.H2O.3H/h1H3;;;1H2;;;. The van der Waals surface area contributed by atoms with E-state index in [9.17, 15) is 0 Å². The van der Waals surface area contributed by atoms with Crippen LogP contribution in [0, 0.1) is 0 Å². The molecule has 20 valence electrons. The zero-order chi connectivity index (χ0) is 0. The molecule has 2 N–H and O–H groups in total. The molecule has 0 unspecified atom stereocenters. The van der Waals surface area contributed by atoms with E-state index in [2.05, 4.69) is 0 Å². The Bertz CT molecular complexity index is 8.00. The van der Waals surface area contributed by atoms with Crippen molar-refractivity contribution in [2.24, 2.45) is 0 Å². The quantitative estimate of drug-likeness (QED) is 0.344. The Balaban J connectivity index is 0. The number of hydrogen-bond donors (Lipinski definition) is 0. The van der Waals surface area contributed by atoms with Crippen molar-refractivity contribution in [3.8, 4) is 0 Å². The molecule has 0 aliphatic rings. The van der Waals surface area contributed by atoms with Crippen molar-refractivity contribution in [3.63, 3.8) is 0 Å². The topological polar surface area (TPSA) is 31.5 Å². The molecule has 0 rings (SSSR count). The zero-order valence-electron chi connectivity index (χ0n) is 0.500. The molecular formula is H8BBaLiO. The van der Waals surface area contributed by atoms with Crippen LogP contribution in [0.15, 0.2) is 0 Å². The van der Waals surface area contributed by atoms with Crippen molar-refractivity contribution in [3.05, 3.63) is 0 Å². The van der Waals surface area contributed by atoms with E-state index >= 15 is 0 Å². The summed E-state index contributed by atoms with van der Waals surface area (Å²) in [5.41, 5.74) is 0. The van der Waals surface area contributed by atoms with Crippen LogP contribution in [-0.4, -0.2) is 81.6 Å². The molecule has 0 aromatic rings. The normalized spacial score (nSPS) is 0. The van der Waals surface area contributed by atoms with E-state index in [0.29, 0.717) is 0 Å². The minimum absolute atomic E-state index is 0. The molecule has 0 spiro atoms. The van der Waals surface area contributed by atoms with Gasteiger partial charge in [0.2, 0.25) is 0 Å². The van der Waals surface area contributed by atoms with Gasteiger partial charge >= 0.3 is 67.7 Å². The number of rotatable bonds is 0. The minimum atomic E-state index is 0. The van der Waals surface area contributed by atoms with E-state index in [1.54, 1.807) is 0 Å². The van der Waals surface area contributed by atoms with Crippen LogP contribution >= 0.6 is 0 Å². The summed E-state index contributed by atoms with van der Waals surface area (Å²) in [4.78, 5) is 0. The van der Waals surface area contributed by atoms with E-state index in [4.69, 9.17) is 0 Å². The number of hydrogen-bond acceptors (Lipinski definition) is 0. The second-order valence-electron chi connectivity index (χ2n) is 0. The Labute approximate surface area is 80.0 Å². The van der Waals surface area contributed by atoms with Gasteiger partial charge in [0.05, 0.1) is 8.41 Å². The summed E-state index contributed by atoms with van der Waals surface area (Å²) >= 11 is 0. The first-order valence-electron chi connectivity index (χ1n) is 0. The van der Waals surface area contributed by atoms with Crippen LogP contribution in [0.25, 0.3) is 0 Å². The summed E-state index contributed by atoms with van der Waals surface area (Å²) < 4.78 is 0. The van der Waals surface area contributed by atoms with Gasteiger partial charge in [0.25, 0.3) is 0 Å². The van der Waals surface area contributed by atoms with Crippen molar-refractivity contribution in [2.45, 2.75) is 0 Å². The van der Waals surface area contributed by atoms with Gasteiger partial charge in [-0.3, -0.25) is 0 Å². The zero-order valence-corrected chi connectivity index (χ0v) is 0.500. The average molecular weight is 179 g/mol. The third kappa shape index (κ3) is 8.89. The van der Waals surface area contributed by atoms with Gasteiger partial charge in [-0.1, -0.05) is 0 Å². The first-order chi connectivity index (χ1) is 0. The van der Waals surface area contributed by atoms with Gasteiger partial charge in [-0.05, 0) is 0 Å². The Hall–Kier alpha value is 2.19. The fraction of sp³-hybridized carbons (Fsp3) is 0. The molecule has 0 heterocycles. The molecule has 0 amide bonds. The van der Waals surface area contributed by atoms with Crippen molar-refractivity contribution < 1.29 is 5.48 Å². The molecule has 0 saturated heterocycles. The van der Waals surface area contributed by atoms with Crippen LogP contribution in [0.1, 0.15) is 0 Å². The van der Waals surface area contributed by atoms with Crippen molar-refractivity contribution in [1.29, 1.82) is 0 Å². The summed E-state index contributed by atoms with van der Waals surface area (Å²) in [6.45, 7) is 0. The molecule has 0 radical (unpaired) electrons. The predicted molar refractivity (Wildman–Crippen MR) is 29.2 cm³/mol. The van der Waals surface area contributed by atoms with Gasteiger partial charge in [-0.2, -0.15) is 0 Å². The summed E-state index contributed by atoms with van der Waals surface area (Å²) in [6, 6.07) is 0. The summed E-state index contributed by atoms with van der Waals surface area (Å²) in [5, 5.41) is 0. The summed E-state index contributed by atoms with van der Waals surface area (Å²) in [5.74, 6) is 0. The molecule has 0 aromatic heterocycles. The van der Waals surface area contributed by atoms with Crippen LogP contribution in [0.3, 0.4) is 0 Å². The van der Waals surface area contributed by atoms with Crippen molar-refractivity contribution >= 4 is 76.2 Å². The van der Waals surface area contributed by atoms with Gasteiger partial charge in [-0.25, -0.2) is 0 Å². The van der Waals surface area contributed by atoms with Crippen LogP contribution in [-0.2, 0) is 0 Å². The van der Waals surface area contributed by atoms with Gasteiger partial charge in [0.1, 0.15) is 0 Å². The molecule has 0 bridgehead atoms. The Morgan fingerprint density at radius 1 is 1.00 bits per heavy atom. The second-order valence-corrected chi connectivity index (χ2v) is 0. The molecule has 4 heavy (non-hydrogen) atoms. The predicted octanol–water partition coefficient (Wildman–Crippen LogP) is -3.57. The molecule has 0 saturated carbocycles. The third-order valence-electron chi connectivity index (χ3n) is 0. The Kier molecular flexibility index (Phi) is 165. The van der Waals surface area contributed by atoms with E-state index in [1.807, 2.05) is 0 Å². The Morgan fingerprint density at radius 3 is 1.00 bits per heavy atom. The molecule has 0 aliphatic heterocycles. The average Bonchev–Trinajstić information content (AvgIpc) is 0. The Morgan fingerprint density at radius 2 is 1.00 bits per heavy atom. The van der Waals surface area contributed by atoms with Crippen LogP contribution in [0.5, 0.6) is 0 Å². The van der Waals surface area contributed by atoms with Gasteiger partial charge in [-0.15, -0.1) is 0 Å². The monoisotopic (exact) mass is 180 g/mol. The van der Waals surface area contributed by atoms with E-state index < -0.39 is 0 Å². The van der Waals surface area contributed by atoms with Crippen LogP contribution in [0.2, 0.25) is 0 Å². The van der Waals surface area contributed by atoms with Crippen molar-refractivity contribution in [2.75, 3.05) is 0 Å². The van der Waals surface area contributed by atoms with Gasteiger partial charge in [0, 0.05) is 0 Å². The summed E-state index contributed by atoms with van der Waals surface area (Å²) in [7, 11) is 0. The van der Waals surface area contributed by atoms with E-state index in [0.717, 1.165) is 0 Å². The first kappa shape index (κ1) is 34.7. The van der Waals surface area contributed by atoms with E-state index in [1.165, 1.54) is 0 Å². The SMILES string of the molecule is B.O.[BaH2].[LiH]. The fourth-order valence-electron chi connectivity index (χ4n) is 0. The first-order valence-corrected chi connectivity index (χ1v) is 0. The molecule has 0 aromatic carbocycles. The molecule has 0 fully saturated rings. The molecule has 4 heteroatoms. The van der Waals surface area contributed by atoms with E-state index in [-0.39, 0.29) is 81.6 Å². The van der Waals surface area contributed by atoms with Crippen molar-refractivity contribution in [1.82, 2.24) is 0 Å². The molecule has 0 aliphatic carbocycles. The maximum atomic E-state index is 0. The summed E-state index contributed by atoms with van der Waals surface area (Å²) in [6.07, 6.45) is 0. The molecular weight excluding hydrogens is 171 g/mol. The fourth-order valence-corrected chi connectivity index (χ4v) is 0. The van der Waals surface area contributed by atoms with Gasteiger partial charge < -0.3 is 5.48 Å². The second kappa shape index (κ2) is 19.0. The molecule has 0 atom stereocenters. The van der Waals surface area contributed by atoms with Gasteiger partial charge in [0.15, 0.2) is 0 Å². The molecule has 1 nitrogen and oxygen atoms in total. The van der Waals surface area contributed by atoms with Crippen LogP contribution < -0.4 is 0 Å². The third-order valence-corrected chi connectivity index (χ3v) is 0. The van der Waals surface area contributed by atoms with Crippen LogP contribution in [0.4, 0.5) is 0 Å². The maximum absolute atomic E-state index is 0.